The van der Waals surface area contributed by atoms with Crippen LogP contribution in [0.5, 0.6) is 11.5 Å². The van der Waals surface area contributed by atoms with Gasteiger partial charge in [-0.05, 0) is 58.4 Å². The number of rotatable bonds is 9. The van der Waals surface area contributed by atoms with E-state index in [9.17, 15) is 4.79 Å². The summed E-state index contributed by atoms with van der Waals surface area (Å²) in [5.41, 5.74) is 3.68. The second kappa shape index (κ2) is 9.88. The highest BCUT2D eigenvalue weighted by Gasteiger charge is 2.40. The summed E-state index contributed by atoms with van der Waals surface area (Å²) < 4.78 is 12.1. The van der Waals surface area contributed by atoms with Crippen molar-refractivity contribution in [1.29, 1.82) is 0 Å². The highest BCUT2D eigenvalue weighted by Crippen LogP contribution is 2.45. The number of hydrogen-bond acceptors (Lipinski definition) is 5. The number of likely N-dealkylation sites (N-methyl/N-ethyl adjacent to an activating group) is 1. The second-order valence-electron chi connectivity index (χ2n) is 9.61. The van der Waals surface area contributed by atoms with Crippen molar-refractivity contribution in [1.82, 2.24) is 9.80 Å². The van der Waals surface area contributed by atoms with Gasteiger partial charge in [-0.15, -0.1) is 0 Å². The number of nitrogens with zero attached hydrogens (tertiary/aromatic N) is 2. The van der Waals surface area contributed by atoms with Crippen LogP contribution in [0.2, 0.25) is 0 Å². The molecule has 0 saturated carbocycles. The highest BCUT2D eigenvalue weighted by atomic mass is 16.5. The summed E-state index contributed by atoms with van der Waals surface area (Å²) in [6, 6.07) is 12.0. The lowest BCUT2D eigenvalue weighted by atomic mass is 9.81. The molecule has 0 saturated heterocycles. The van der Waals surface area contributed by atoms with Crippen molar-refractivity contribution >= 4 is 11.9 Å². The molecule has 0 aromatic heterocycles. The first-order valence-corrected chi connectivity index (χ1v) is 11.2. The Hall–Kier alpha value is -2.63. The predicted molar refractivity (Wildman–Crippen MR) is 131 cm³/mol. The minimum absolute atomic E-state index is 0.0333. The van der Waals surface area contributed by atoms with Gasteiger partial charge >= 0.3 is 0 Å². The molecule has 1 unspecified atom stereocenters. The lowest BCUT2D eigenvalue weighted by Gasteiger charge is -2.22. The van der Waals surface area contributed by atoms with Crippen LogP contribution in [0.3, 0.4) is 0 Å². The molecule has 5 heteroatoms. The summed E-state index contributed by atoms with van der Waals surface area (Å²) in [5, 5.41) is 0. The van der Waals surface area contributed by atoms with Crippen molar-refractivity contribution in [2.75, 3.05) is 41.3 Å². The van der Waals surface area contributed by atoms with E-state index in [2.05, 4.69) is 36.6 Å². The van der Waals surface area contributed by atoms with Crippen LogP contribution in [0.15, 0.2) is 42.5 Å². The van der Waals surface area contributed by atoms with Gasteiger partial charge in [-0.1, -0.05) is 44.2 Å². The molecule has 5 nitrogen and oxygen atoms in total. The van der Waals surface area contributed by atoms with E-state index in [1.165, 1.54) is 5.56 Å². The van der Waals surface area contributed by atoms with Gasteiger partial charge < -0.3 is 19.3 Å². The molecule has 0 N–H and O–H groups in total. The molecule has 1 aliphatic rings. The van der Waals surface area contributed by atoms with E-state index in [-0.39, 0.29) is 17.3 Å². The van der Waals surface area contributed by atoms with Crippen LogP contribution in [0.4, 0.5) is 0 Å². The summed E-state index contributed by atoms with van der Waals surface area (Å²) in [5.74, 6) is 1.31. The van der Waals surface area contributed by atoms with E-state index >= 15 is 0 Å². The minimum Gasteiger partial charge on any atom is -0.491 e. The Labute approximate surface area is 192 Å². The topological polar surface area (TPSA) is 42.0 Å². The molecular formula is C27H36N2O3. The number of allylic oxidation sites excluding steroid dienone is 1. The van der Waals surface area contributed by atoms with E-state index in [0.29, 0.717) is 17.9 Å². The van der Waals surface area contributed by atoms with Crippen LogP contribution < -0.4 is 9.47 Å². The zero-order valence-electron chi connectivity index (χ0n) is 20.4. The van der Waals surface area contributed by atoms with Crippen LogP contribution in [0.25, 0.3) is 6.08 Å². The van der Waals surface area contributed by atoms with Gasteiger partial charge in [-0.3, -0.25) is 4.79 Å². The molecule has 1 aliphatic heterocycles. The zero-order chi connectivity index (χ0) is 23.5. The number of fused-ring (bicyclic) bond motifs is 1. The lowest BCUT2D eigenvalue weighted by molar-refractivity contribution is 0.104. The van der Waals surface area contributed by atoms with Crippen LogP contribution in [-0.2, 0) is 12.0 Å². The number of ketones is 1. The summed E-state index contributed by atoms with van der Waals surface area (Å²) in [6.45, 7) is 8.45. The standard InChI is InChI=1S/C27H36N2O3/c1-19-27(2,3)23-16-22(25(17-26(23)32-19)31-15-14-28(4)5)24(30)13-12-20-10-8-9-11-21(20)18-29(6)7/h8-13,16-17,19H,14-15,18H2,1-7H3/b13-12+. The third kappa shape index (κ3) is 5.40. The molecule has 1 atom stereocenters. The van der Waals surface area contributed by atoms with Gasteiger partial charge in [0, 0.05) is 30.1 Å². The predicted octanol–water partition coefficient (Wildman–Crippen LogP) is 4.64. The smallest absolute Gasteiger partial charge is 0.189 e. The first-order valence-electron chi connectivity index (χ1n) is 11.2. The largest absolute Gasteiger partial charge is 0.491 e. The molecule has 0 aliphatic carbocycles. The molecule has 0 fully saturated rings. The molecule has 0 radical (unpaired) electrons. The van der Waals surface area contributed by atoms with Gasteiger partial charge in [0.25, 0.3) is 0 Å². The van der Waals surface area contributed by atoms with Crippen LogP contribution >= 0.6 is 0 Å². The first kappa shape index (κ1) is 24.0. The maximum Gasteiger partial charge on any atom is 0.189 e. The van der Waals surface area contributed by atoms with Gasteiger partial charge in [-0.2, -0.15) is 0 Å². The van der Waals surface area contributed by atoms with Crippen molar-refractivity contribution in [3.8, 4) is 11.5 Å². The summed E-state index contributed by atoms with van der Waals surface area (Å²) in [7, 11) is 8.08. The van der Waals surface area contributed by atoms with Crippen molar-refractivity contribution in [3.05, 3.63) is 64.7 Å². The summed E-state index contributed by atoms with van der Waals surface area (Å²) >= 11 is 0. The van der Waals surface area contributed by atoms with Gasteiger partial charge in [0.05, 0.1) is 5.56 Å². The molecule has 3 rings (SSSR count). The Morgan fingerprint density at radius 1 is 1.12 bits per heavy atom. The van der Waals surface area contributed by atoms with E-state index < -0.39 is 0 Å². The van der Waals surface area contributed by atoms with E-state index in [0.717, 1.165) is 30.0 Å². The van der Waals surface area contributed by atoms with Gasteiger partial charge in [-0.25, -0.2) is 0 Å². The van der Waals surface area contributed by atoms with E-state index in [1.807, 2.05) is 64.6 Å². The average molecular weight is 437 g/mol. The number of carbonyl (C=O) groups is 1. The fourth-order valence-corrected chi connectivity index (χ4v) is 3.81. The van der Waals surface area contributed by atoms with Crippen molar-refractivity contribution in [2.24, 2.45) is 0 Å². The fraction of sp³-hybridized carbons (Fsp3) is 0.444. The molecule has 0 bridgehead atoms. The minimum atomic E-state index is -0.172. The highest BCUT2D eigenvalue weighted by molar-refractivity contribution is 6.09. The molecular weight excluding hydrogens is 400 g/mol. The van der Waals surface area contributed by atoms with Crippen LogP contribution in [-0.4, -0.2) is 63.0 Å². The number of hydrogen-bond donors (Lipinski definition) is 0. The van der Waals surface area contributed by atoms with Gasteiger partial charge in [0.1, 0.15) is 24.2 Å². The monoisotopic (exact) mass is 436 g/mol. The number of ether oxygens (including phenoxy) is 2. The van der Waals surface area contributed by atoms with Crippen molar-refractivity contribution in [3.63, 3.8) is 0 Å². The Kier molecular flexibility index (Phi) is 7.42. The average Bonchev–Trinajstić information content (AvgIpc) is 2.93. The third-order valence-electron chi connectivity index (χ3n) is 6.11. The summed E-state index contributed by atoms with van der Waals surface area (Å²) in [6.07, 6.45) is 3.59. The second-order valence-corrected chi connectivity index (χ2v) is 9.61. The fourth-order valence-electron chi connectivity index (χ4n) is 3.81. The van der Waals surface area contributed by atoms with Gasteiger partial charge in [0.2, 0.25) is 0 Å². The Bertz CT molecular complexity index is 992. The SMILES string of the molecule is CC1Oc2cc(OCCN(C)C)c(C(=O)/C=C/c3ccccc3CN(C)C)cc2C1(C)C. The zero-order valence-corrected chi connectivity index (χ0v) is 20.4. The lowest BCUT2D eigenvalue weighted by Crippen LogP contribution is -2.29. The third-order valence-corrected chi connectivity index (χ3v) is 6.11. The van der Waals surface area contributed by atoms with E-state index in [1.54, 1.807) is 6.08 Å². The molecule has 1 heterocycles. The number of carbonyl (C=O) groups excluding carboxylic acids is 1. The van der Waals surface area contributed by atoms with Gasteiger partial charge in [0.15, 0.2) is 5.78 Å². The van der Waals surface area contributed by atoms with Crippen LogP contribution in [0.1, 0.15) is 47.8 Å². The Morgan fingerprint density at radius 2 is 1.84 bits per heavy atom. The molecule has 172 valence electrons. The Morgan fingerprint density at radius 3 is 2.53 bits per heavy atom. The quantitative estimate of drug-likeness (QED) is 0.423. The molecule has 2 aromatic rings. The van der Waals surface area contributed by atoms with Crippen molar-refractivity contribution in [2.45, 2.75) is 38.8 Å². The van der Waals surface area contributed by atoms with Crippen molar-refractivity contribution < 1.29 is 14.3 Å². The van der Waals surface area contributed by atoms with E-state index in [4.69, 9.17) is 9.47 Å². The molecule has 0 amide bonds. The maximum atomic E-state index is 13.3. The van der Waals surface area contributed by atoms with Crippen LogP contribution in [0, 0.1) is 0 Å². The molecule has 2 aromatic carbocycles. The normalized spacial score (nSPS) is 17.1. The maximum absolute atomic E-state index is 13.3. The summed E-state index contributed by atoms with van der Waals surface area (Å²) in [4.78, 5) is 17.5. The number of benzene rings is 2. The molecule has 32 heavy (non-hydrogen) atoms. The molecule has 0 spiro atoms. The first-order chi connectivity index (χ1) is 15.1. The Balaban J connectivity index is 1.94.